The van der Waals surface area contributed by atoms with Crippen molar-refractivity contribution < 1.29 is 13.2 Å². The molecule has 0 bridgehead atoms. The molecular weight excluding hydrogens is 302 g/mol. The third-order valence-corrected chi connectivity index (χ3v) is 7.17. The van der Waals surface area contributed by atoms with Crippen molar-refractivity contribution in [2.45, 2.75) is 49.8 Å². The fourth-order valence-corrected chi connectivity index (χ4v) is 4.92. The second-order valence-electron chi connectivity index (χ2n) is 6.65. The van der Waals surface area contributed by atoms with Gasteiger partial charge in [0.25, 0.3) is 0 Å². The summed E-state index contributed by atoms with van der Waals surface area (Å²) in [4.78, 5) is 14.9. The lowest BCUT2D eigenvalue weighted by atomic mass is 9.96. The Morgan fingerprint density at radius 2 is 2.00 bits per heavy atom. The molecule has 1 atom stereocenters. The van der Waals surface area contributed by atoms with Crippen LogP contribution in [0.25, 0.3) is 0 Å². The Morgan fingerprint density at radius 3 is 2.59 bits per heavy atom. The Balaban J connectivity index is 1.92. The number of rotatable bonds is 5. The predicted molar refractivity (Wildman–Crippen MR) is 87.6 cm³/mol. The molecule has 1 unspecified atom stereocenters. The smallest absolute Gasteiger partial charge is 0.241 e. The number of nitrogens with zero attached hydrogens (tertiary/aromatic N) is 1. The molecule has 2 N–H and O–H groups in total. The van der Waals surface area contributed by atoms with Crippen molar-refractivity contribution in [1.29, 1.82) is 0 Å². The van der Waals surface area contributed by atoms with Crippen LogP contribution in [0, 0.1) is 0 Å². The average molecular weight is 331 g/mol. The van der Waals surface area contributed by atoms with Crippen LogP contribution in [0.4, 0.5) is 0 Å². The van der Waals surface area contributed by atoms with Crippen molar-refractivity contribution in [3.8, 4) is 0 Å². The molecule has 2 aliphatic heterocycles. The van der Waals surface area contributed by atoms with Gasteiger partial charge < -0.3 is 10.6 Å². The van der Waals surface area contributed by atoms with Crippen LogP contribution in [0.3, 0.4) is 0 Å². The van der Waals surface area contributed by atoms with Gasteiger partial charge in [-0.2, -0.15) is 0 Å². The van der Waals surface area contributed by atoms with E-state index in [-0.39, 0.29) is 5.91 Å². The van der Waals surface area contributed by atoms with Crippen molar-refractivity contribution in [1.82, 2.24) is 15.5 Å². The number of nitrogens with one attached hydrogen (secondary N) is 2. The molecule has 2 rings (SSSR count). The van der Waals surface area contributed by atoms with Gasteiger partial charge >= 0.3 is 0 Å². The summed E-state index contributed by atoms with van der Waals surface area (Å²) < 4.78 is 23.1. The summed E-state index contributed by atoms with van der Waals surface area (Å²) in [6.07, 6.45) is 5.58. The van der Waals surface area contributed by atoms with Gasteiger partial charge in [-0.25, -0.2) is 8.42 Å². The molecule has 2 heterocycles. The fraction of sp³-hybridized carbons (Fsp3) is 0.933. The highest BCUT2D eigenvalue weighted by atomic mass is 32.2. The van der Waals surface area contributed by atoms with Crippen molar-refractivity contribution in [2.24, 2.45) is 0 Å². The van der Waals surface area contributed by atoms with Crippen LogP contribution in [0.15, 0.2) is 0 Å². The standard InChI is InChI=1S/C15H29N3O3S/c1-13-5-3-4-11-18(13)12-10-17-14(19)15(22(2,20)21)6-8-16-9-7-15/h13,16H,3-12H2,1-2H3,(H,17,19). The van der Waals surface area contributed by atoms with E-state index in [9.17, 15) is 13.2 Å². The summed E-state index contributed by atoms with van der Waals surface area (Å²) in [6, 6.07) is 0.549. The van der Waals surface area contributed by atoms with E-state index in [1.807, 2.05) is 0 Å². The summed E-state index contributed by atoms with van der Waals surface area (Å²) in [5.41, 5.74) is 0. The molecule has 0 aromatic heterocycles. The Labute approximate surface area is 133 Å². The second-order valence-corrected chi connectivity index (χ2v) is 8.98. The first kappa shape index (κ1) is 17.7. The molecule has 0 saturated carbocycles. The van der Waals surface area contributed by atoms with Gasteiger partial charge in [-0.05, 0) is 52.2 Å². The van der Waals surface area contributed by atoms with Crippen LogP contribution in [-0.2, 0) is 14.6 Å². The second kappa shape index (κ2) is 7.27. The number of likely N-dealkylation sites (tertiary alicyclic amines) is 1. The molecule has 7 heteroatoms. The zero-order valence-electron chi connectivity index (χ0n) is 13.7. The first-order chi connectivity index (χ1) is 10.4. The SMILES string of the molecule is CC1CCCCN1CCNC(=O)C1(S(C)(=O)=O)CCNCC1. The maximum absolute atomic E-state index is 12.6. The maximum atomic E-state index is 12.6. The van der Waals surface area contributed by atoms with Gasteiger partial charge in [-0.3, -0.25) is 9.69 Å². The average Bonchev–Trinajstić information content (AvgIpc) is 2.48. The number of sulfone groups is 1. The molecule has 2 fully saturated rings. The Kier molecular flexibility index (Phi) is 5.85. The van der Waals surface area contributed by atoms with E-state index in [0.29, 0.717) is 38.5 Å². The van der Waals surface area contributed by atoms with Crippen LogP contribution in [0.2, 0.25) is 0 Å². The first-order valence-corrected chi connectivity index (χ1v) is 10.2. The molecule has 128 valence electrons. The van der Waals surface area contributed by atoms with Crippen LogP contribution in [0.5, 0.6) is 0 Å². The minimum atomic E-state index is -3.42. The first-order valence-electron chi connectivity index (χ1n) is 8.29. The third-order valence-electron chi connectivity index (χ3n) is 5.16. The molecular formula is C15H29N3O3S. The van der Waals surface area contributed by atoms with Gasteiger partial charge in [0.05, 0.1) is 0 Å². The van der Waals surface area contributed by atoms with Crippen molar-refractivity contribution >= 4 is 15.7 Å². The van der Waals surface area contributed by atoms with Crippen molar-refractivity contribution in [2.75, 3.05) is 39.0 Å². The molecule has 0 aliphatic carbocycles. The summed E-state index contributed by atoms with van der Waals surface area (Å²) in [6.45, 7) is 5.75. The minimum Gasteiger partial charge on any atom is -0.353 e. The Bertz CT molecular complexity index is 486. The number of hydrogen-bond donors (Lipinski definition) is 2. The van der Waals surface area contributed by atoms with E-state index in [1.165, 1.54) is 25.5 Å². The van der Waals surface area contributed by atoms with Gasteiger partial charge in [0.15, 0.2) is 14.6 Å². The van der Waals surface area contributed by atoms with Crippen molar-refractivity contribution in [3.63, 3.8) is 0 Å². The lowest BCUT2D eigenvalue weighted by Gasteiger charge is -2.36. The largest absolute Gasteiger partial charge is 0.353 e. The minimum absolute atomic E-state index is 0.318. The van der Waals surface area contributed by atoms with Gasteiger partial charge in [-0.1, -0.05) is 6.42 Å². The Hall–Kier alpha value is -0.660. The highest BCUT2D eigenvalue weighted by molar-refractivity contribution is 7.92. The van der Waals surface area contributed by atoms with E-state index in [1.54, 1.807) is 0 Å². The molecule has 0 aromatic carbocycles. The topological polar surface area (TPSA) is 78.5 Å². The van der Waals surface area contributed by atoms with Gasteiger partial charge in [0.1, 0.15) is 0 Å². The summed E-state index contributed by atoms with van der Waals surface area (Å²) in [5, 5.41) is 6.01. The van der Waals surface area contributed by atoms with Crippen LogP contribution in [-0.4, -0.2) is 69.0 Å². The van der Waals surface area contributed by atoms with Crippen LogP contribution < -0.4 is 10.6 Å². The molecule has 2 saturated heterocycles. The number of hydrogen-bond acceptors (Lipinski definition) is 5. The van der Waals surface area contributed by atoms with E-state index in [4.69, 9.17) is 0 Å². The maximum Gasteiger partial charge on any atom is 0.241 e. The van der Waals surface area contributed by atoms with Gasteiger partial charge in [0.2, 0.25) is 5.91 Å². The molecule has 2 aliphatic rings. The molecule has 22 heavy (non-hydrogen) atoms. The zero-order valence-corrected chi connectivity index (χ0v) is 14.5. The van der Waals surface area contributed by atoms with Crippen molar-refractivity contribution in [3.05, 3.63) is 0 Å². The van der Waals surface area contributed by atoms with E-state index in [0.717, 1.165) is 13.1 Å². The van der Waals surface area contributed by atoms with Crippen LogP contribution >= 0.6 is 0 Å². The Morgan fingerprint density at radius 1 is 1.32 bits per heavy atom. The highest BCUT2D eigenvalue weighted by Crippen LogP contribution is 2.28. The number of amides is 1. The molecule has 0 aromatic rings. The number of piperidine rings is 2. The van der Waals surface area contributed by atoms with E-state index >= 15 is 0 Å². The molecule has 0 spiro atoms. The van der Waals surface area contributed by atoms with Crippen LogP contribution in [0.1, 0.15) is 39.0 Å². The van der Waals surface area contributed by atoms with Gasteiger partial charge in [-0.15, -0.1) is 0 Å². The summed E-state index contributed by atoms with van der Waals surface area (Å²) in [7, 11) is -3.42. The predicted octanol–water partition coefficient (Wildman–Crippen LogP) is 0.144. The quantitative estimate of drug-likeness (QED) is 0.749. The fourth-order valence-electron chi connectivity index (χ4n) is 3.56. The molecule has 1 amide bonds. The normalized spacial score (nSPS) is 26.5. The summed E-state index contributed by atoms with van der Waals surface area (Å²) in [5.74, 6) is -0.318. The number of carbonyl (C=O) groups excluding carboxylic acids is 1. The lowest BCUT2D eigenvalue weighted by Crippen LogP contribution is -2.58. The van der Waals surface area contributed by atoms with E-state index < -0.39 is 14.6 Å². The lowest BCUT2D eigenvalue weighted by molar-refractivity contribution is -0.124. The monoisotopic (exact) mass is 331 g/mol. The summed E-state index contributed by atoms with van der Waals surface area (Å²) >= 11 is 0. The van der Waals surface area contributed by atoms with Gasteiger partial charge in [0, 0.05) is 25.4 Å². The molecule has 0 radical (unpaired) electrons. The zero-order chi connectivity index (χ0) is 16.2. The molecule has 6 nitrogen and oxygen atoms in total. The van der Waals surface area contributed by atoms with E-state index in [2.05, 4.69) is 22.5 Å². The number of carbonyl (C=O) groups is 1. The third kappa shape index (κ3) is 3.81. The highest BCUT2D eigenvalue weighted by Gasteiger charge is 2.48.